The van der Waals surface area contributed by atoms with Crippen molar-refractivity contribution in [1.29, 1.82) is 0 Å². The summed E-state index contributed by atoms with van der Waals surface area (Å²) in [5.41, 5.74) is 2.23. The number of phenolic OH excluding ortho intramolecular Hbond substituents is 1. The van der Waals surface area contributed by atoms with Gasteiger partial charge in [-0.2, -0.15) is 0 Å². The van der Waals surface area contributed by atoms with E-state index in [0.717, 1.165) is 35.0 Å². The average Bonchev–Trinajstić information content (AvgIpc) is 2.92. The molecule has 1 aliphatic rings. The molecule has 1 aliphatic carbocycles. The standard InChI is InChI=1S/C20H22N2O2S/c1-20(2,3)12-6-9-14-15(10-12)25-19-16(14)18(24)21-17(22-19)11-4-7-13(23)8-5-11/h4-5,7-8,12,23H,6,9-10H2,1-3H3,(H,21,22,24). The van der Waals surface area contributed by atoms with Gasteiger partial charge in [0, 0.05) is 10.4 Å². The first-order chi connectivity index (χ1) is 11.8. The maximum atomic E-state index is 12.7. The molecular weight excluding hydrogens is 332 g/mol. The molecule has 0 bridgehead atoms. The molecule has 0 saturated heterocycles. The van der Waals surface area contributed by atoms with Gasteiger partial charge in [0.25, 0.3) is 5.56 Å². The molecule has 4 nitrogen and oxygen atoms in total. The van der Waals surface area contributed by atoms with Crippen LogP contribution in [0.1, 0.15) is 37.6 Å². The van der Waals surface area contributed by atoms with Crippen LogP contribution in [0, 0.1) is 11.3 Å². The van der Waals surface area contributed by atoms with Gasteiger partial charge in [-0.1, -0.05) is 20.8 Å². The fourth-order valence-electron chi connectivity index (χ4n) is 3.68. The van der Waals surface area contributed by atoms with Crippen LogP contribution in [0.25, 0.3) is 21.6 Å². The van der Waals surface area contributed by atoms with E-state index in [9.17, 15) is 9.90 Å². The van der Waals surface area contributed by atoms with Crippen molar-refractivity contribution in [3.8, 4) is 17.1 Å². The van der Waals surface area contributed by atoms with Crippen molar-refractivity contribution in [2.24, 2.45) is 11.3 Å². The highest BCUT2D eigenvalue weighted by Crippen LogP contribution is 2.42. The van der Waals surface area contributed by atoms with E-state index >= 15 is 0 Å². The molecule has 2 aromatic heterocycles. The van der Waals surface area contributed by atoms with E-state index in [1.165, 1.54) is 10.4 Å². The van der Waals surface area contributed by atoms with E-state index in [2.05, 4.69) is 25.8 Å². The van der Waals surface area contributed by atoms with E-state index in [4.69, 9.17) is 4.98 Å². The molecule has 0 saturated carbocycles. The number of aryl methyl sites for hydroxylation is 1. The minimum absolute atomic E-state index is 0.0558. The summed E-state index contributed by atoms with van der Waals surface area (Å²) in [6.45, 7) is 6.89. The Balaban J connectivity index is 1.81. The molecule has 25 heavy (non-hydrogen) atoms. The molecule has 4 rings (SSSR count). The minimum Gasteiger partial charge on any atom is -0.508 e. The third kappa shape index (κ3) is 2.86. The van der Waals surface area contributed by atoms with Gasteiger partial charge in [0.2, 0.25) is 0 Å². The lowest BCUT2D eigenvalue weighted by molar-refractivity contribution is 0.218. The van der Waals surface area contributed by atoms with Gasteiger partial charge < -0.3 is 10.1 Å². The number of hydrogen-bond acceptors (Lipinski definition) is 4. The van der Waals surface area contributed by atoms with Crippen molar-refractivity contribution in [2.75, 3.05) is 0 Å². The van der Waals surface area contributed by atoms with Gasteiger partial charge in [-0.25, -0.2) is 4.98 Å². The van der Waals surface area contributed by atoms with Crippen molar-refractivity contribution in [3.05, 3.63) is 45.1 Å². The van der Waals surface area contributed by atoms with Gasteiger partial charge in [0.15, 0.2) is 0 Å². The fourth-order valence-corrected chi connectivity index (χ4v) is 4.98. The molecule has 0 radical (unpaired) electrons. The summed E-state index contributed by atoms with van der Waals surface area (Å²) in [5, 5.41) is 10.2. The number of hydrogen-bond donors (Lipinski definition) is 2. The van der Waals surface area contributed by atoms with E-state index in [0.29, 0.717) is 11.7 Å². The Labute approximate surface area is 150 Å². The Morgan fingerprint density at radius 1 is 1.24 bits per heavy atom. The molecule has 0 fully saturated rings. The van der Waals surface area contributed by atoms with Crippen molar-refractivity contribution >= 4 is 21.6 Å². The second-order valence-electron chi connectivity index (χ2n) is 7.95. The van der Waals surface area contributed by atoms with Gasteiger partial charge in [0.05, 0.1) is 5.39 Å². The molecule has 0 aliphatic heterocycles. The first-order valence-corrected chi connectivity index (χ1v) is 9.48. The summed E-state index contributed by atoms with van der Waals surface area (Å²) < 4.78 is 0. The first kappa shape index (κ1) is 16.3. The molecule has 3 aromatic rings. The summed E-state index contributed by atoms with van der Waals surface area (Å²) >= 11 is 1.67. The Kier molecular flexibility index (Phi) is 3.72. The number of aromatic amines is 1. The SMILES string of the molecule is CC(C)(C)C1CCc2c(sc3nc(-c4ccc(O)cc4)[nH]c(=O)c23)C1. The van der Waals surface area contributed by atoms with Crippen LogP contribution in [-0.4, -0.2) is 15.1 Å². The number of aromatic nitrogens is 2. The lowest BCUT2D eigenvalue weighted by Gasteiger charge is -2.33. The zero-order valence-electron chi connectivity index (χ0n) is 14.7. The van der Waals surface area contributed by atoms with E-state index < -0.39 is 0 Å². The topological polar surface area (TPSA) is 66.0 Å². The first-order valence-electron chi connectivity index (χ1n) is 8.67. The van der Waals surface area contributed by atoms with Gasteiger partial charge in [-0.3, -0.25) is 4.79 Å². The molecule has 0 amide bonds. The highest BCUT2D eigenvalue weighted by molar-refractivity contribution is 7.18. The van der Waals surface area contributed by atoms with Crippen LogP contribution in [0.3, 0.4) is 0 Å². The van der Waals surface area contributed by atoms with Crippen molar-refractivity contribution in [1.82, 2.24) is 9.97 Å². The molecule has 130 valence electrons. The van der Waals surface area contributed by atoms with Crippen molar-refractivity contribution in [3.63, 3.8) is 0 Å². The average molecular weight is 354 g/mol. The number of H-pyrrole nitrogens is 1. The largest absolute Gasteiger partial charge is 0.508 e. The lowest BCUT2D eigenvalue weighted by atomic mass is 9.72. The van der Waals surface area contributed by atoms with E-state index in [1.54, 1.807) is 35.6 Å². The number of phenols is 1. The summed E-state index contributed by atoms with van der Waals surface area (Å²) in [6.07, 6.45) is 3.12. The summed E-state index contributed by atoms with van der Waals surface area (Å²) in [5.74, 6) is 1.40. The van der Waals surface area contributed by atoms with Gasteiger partial charge in [-0.15, -0.1) is 11.3 Å². The highest BCUT2D eigenvalue weighted by atomic mass is 32.1. The zero-order valence-corrected chi connectivity index (χ0v) is 15.5. The Hall–Kier alpha value is -2.14. The Morgan fingerprint density at radius 2 is 1.96 bits per heavy atom. The second-order valence-corrected chi connectivity index (χ2v) is 9.03. The molecule has 0 spiro atoms. The predicted molar refractivity (Wildman–Crippen MR) is 102 cm³/mol. The molecule has 5 heteroatoms. The zero-order chi connectivity index (χ0) is 17.8. The molecule has 2 N–H and O–H groups in total. The predicted octanol–water partition coefficient (Wildman–Crippen LogP) is 4.51. The van der Waals surface area contributed by atoms with Crippen LogP contribution in [0.15, 0.2) is 29.1 Å². The van der Waals surface area contributed by atoms with E-state index in [1.807, 2.05) is 0 Å². The summed E-state index contributed by atoms with van der Waals surface area (Å²) in [7, 11) is 0. The van der Waals surface area contributed by atoms with E-state index in [-0.39, 0.29) is 16.7 Å². The third-order valence-corrected chi connectivity index (χ3v) is 6.43. The number of nitrogens with one attached hydrogen (secondary N) is 1. The number of rotatable bonds is 1. The van der Waals surface area contributed by atoms with Gasteiger partial charge in [-0.05, 0) is 60.4 Å². The number of thiophene rings is 1. The Bertz CT molecular complexity index is 993. The maximum Gasteiger partial charge on any atom is 0.260 e. The van der Waals surface area contributed by atoms with Crippen molar-refractivity contribution in [2.45, 2.75) is 40.0 Å². The lowest BCUT2D eigenvalue weighted by Crippen LogP contribution is -2.26. The normalized spacial score (nSPS) is 17.6. The van der Waals surface area contributed by atoms with Crippen LogP contribution < -0.4 is 5.56 Å². The summed E-state index contributed by atoms with van der Waals surface area (Å²) in [6, 6.07) is 6.74. The number of aromatic hydroxyl groups is 1. The maximum absolute atomic E-state index is 12.7. The highest BCUT2D eigenvalue weighted by Gasteiger charge is 2.31. The monoisotopic (exact) mass is 354 g/mol. The molecule has 1 atom stereocenters. The summed E-state index contributed by atoms with van der Waals surface area (Å²) in [4.78, 5) is 22.5. The molecule has 2 heterocycles. The molecule has 1 aromatic carbocycles. The second kappa shape index (κ2) is 5.70. The van der Waals surface area contributed by atoms with Crippen LogP contribution >= 0.6 is 11.3 Å². The Morgan fingerprint density at radius 3 is 2.64 bits per heavy atom. The number of benzene rings is 1. The van der Waals surface area contributed by atoms with Crippen LogP contribution in [-0.2, 0) is 12.8 Å². The van der Waals surface area contributed by atoms with Gasteiger partial charge in [0.1, 0.15) is 16.4 Å². The molecular formula is C20H22N2O2S. The van der Waals surface area contributed by atoms with Gasteiger partial charge >= 0.3 is 0 Å². The third-order valence-electron chi connectivity index (χ3n) is 5.28. The minimum atomic E-state index is -0.0558. The smallest absolute Gasteiger partial charge is 0.260 e. The fraction of sp³-hybridized carbons (Fsp3) is 0.400. The van der Waals surface area contributed by atoms with Crippen LogP contribution in [0.4, 0.5) is 0 Å². The molecule has 1 unspecified atom stereocenters. The van der Waals surface area contributed by atoms with Crippen LogP contribution in [0.5, 0.6) is 5.75 Å². The van der Waals surface area contributed by atoms with Crippen LogP contribution in [0.2, 0.25) is 0 Å². The van der Waals surface area contributed by atoms with Crippen molar-refractivity contribution < 1.29 is 5.11 Å². The number of nitrogens with zero attached hydrogens (tertiary/aromatic N) is 1. The quantitative estimate of drug-likeness (QED) is 0.676. The number of fused-ring (bicyclic) bond motifs is 3.